The zero-order chi connectivity index (χ0) is 15.0. The standard InChI is InChI=1S/C20H28N.H2O/c1-3-5-6-13-18-21(4-2,19-14-9-7-10-15-19)20-16-11-8-12-17-20;/h7-12,14-17H,3-6,13,18H2,1-2H3;1H2/q+1;/p-1. The molecular formula is C20H29NO. The lowest BCUT2D eigenvalue weighted by Crippen LogP contribution is -2.44. The highest BCUT2D eigenvalue weighted by Crippen LogP contribution is 2.34. The molecule has 2 heteroatoms. The number of hydrogen-bond acceptors (Lipinski definition) is 1. The maximum Gasteiger partial charge on any atom is 0.137 e. The third-order valence-electron chi connectivity index (χ3n) is 4.43. The predicted molar refractivity (Wildman–Crippen MR) is 95.8 cm³/mol. The first-order valence-corrected chi connectivity index (χ1v) is 8.32. The Morgan fingerprint density at radius 1 is 0.682 bits per heavy atom. The first-order valence-electron chi connectivity index (χ1n) is 8.32. The first-order chi connectivity index (χ1) is 10.3. The van der Waals surface area contributed by atoms with E-state index in [4.69, 9.17) is 0 Å². The third kappa shape index (κ3) is 4.19. The molecule has 2 aromatic carbocycles. The summed E-state index contributed by atoms with van der Waals surface area (Å²) in [6.45, 7) is 6.86. The van der Waals surface area contributed by atoms with Gasteiger partial charge in [0.1, 0.15) is 11.4 Å². The summed E-state index contributed by atoms with van der Waals surface area (Å²) in [6, 6.07) is 21.9. The normalized spacial score (nSPS) is 11.0. The topological polar surface area (TPSA) is 30.0 Å². The SMILES string of the molecule is CCCCCC[N+](CC)(c1ccccc1)c1ccccc1.[OH-]. The second-order valence-electron chi connectivity index (χ2n) is 5.74. The molecule has 2 rings (SSSR count). The Morgan fingerprint density at radius 2 is 1.18 bits per heavy atom. The Hall–Kier alpha value is -1.64. The van der Waals surface area contributed by atoms with Crippen LogP contribution in [0.4, 0.5) is 11.4 Å². The molecule has 0 atom stereocenters. The van der Waals surface area contributed by atoms with Crippen LogP contribution in [0.5, 0.6) is 0 Å². The van der Waals surface area contributed by atoms with Gasteiger partial charge in [0.25, 0.3) is 0 Å². The number of nitrogens with zero attached hydrogens (tertiary/aromatic N) is 1. The van der Waals surface area contributed by atoms with Crippen molar-refractivity contribution in [2.75, 3.05) is 13.1 Å². The Labute approximate surface area is 135 Å². The first kappa shape index (κ1) is 18.4. The minimum Gasteiger partial charge on any atom is -0.870 e. The van der Waals surface area contributed by atoms with Crippen LogP contribution >= 0.6 is 0 Å². The van der Waals surface area contributed by atoms with Crippen molar-refractivity contribution < 1.29 is 5.48 Å². The van der Waals surface area contributed by atoms with Gasteiger partial charge in [-0.15, -0.1) is 0 Å². The molecule has 1 N–H and O–H groups in total. The molecule has 120 valence electrons. The fourth-order valence-electron chi connectivity index (χ4n) is 3.17. The summed E-state index contributed by atoms with van der Waals surface area (Å²) in [7, 11) is 0. The van der Waals surface area contributed by atoms with Crippen LogP contribution in [0, 0.1) is 0 Å². The molecule has 0 aliphatic rings. The van der Waals surface area contributed by atoms with Crippen molar-refractivity contribution in [1.82, 2.24) is 4.48 Å². The van der Waals surface area contributed by atoms with E-state index in [1.165, 1.54) is 43.6 Å². The number of quaternary nitrogens is 1. The highest BCUT2D eigenvalue weighted by Gasteiger charge is 2.30. The van der Waals surface area contributed by atoms with Crippen molar-refractivity contribution in [3.63, 3.8) is 0 Å². The summed E-state index contributed by atoms with van der Waals surface area (Å²) in [4.78, 5) is 0. The van der Waals surface area contributed by atoms with E-state index in [-0.39, 0.29) is 5.48 Å². The maximum absolute atomic E-state index is 2.31. The monoisotopic (exact) mass is 299 g/mol. The van der Waals surface area contributed by atoms with Crippen molar-refractivity contribution in [2.24, 2.45) is 0 Å². The molecule has 0 amide bonds. The zero-order valence-corrected chi connectivity index (χ0v) is 13.9. The van der Waals surface area contributed by atoms with E-state index < -0.39 is 0 Å². The molecular weight excluding hydrogens is 270 g/mol. The summed E-state index contributed by atoms with van der Waals surface area (Å²) >= 11 is 0. The van der Waals surface area contributed by atoms with Crippen LogP contribution in [0.15, 0.2) is 60.7 Å². The van der Waals surface area contributed by atoms with Crippen molar-refractivity contribution in [3.05, 3.63) is 60.7 Å². The second kappa shape index (κ2) is 9.39. The fourth-order valence-corrected chi connectivity index (χ4v) is 3.17. The molecule has 22 heavy (non-hydrogen) atoms. The smallest absolute Gasteiger partial charge is 0.137 e. The lowest BCUT2D eigenvalue weighted by atomic mass is 10.1. The van der Waals surface area contributed by atoms with Crippen molar-refractivity contribution in [2.45, 2.75) is 39.5 Å². The summed E-state index contributed by atoms with van der Waals surface area (Å²) in [5, 5.41) is 0. The van der Waals surface area contributed by atoms with Gasteiger partial charge in [-0.2, -0.15) is 0 Å². The Balaban J connectivity index is 0.00000242. The molecule has 0 aliphatic heterocycles. The van der Waals surface area contributed by atoms with Gasteiger partial charge in [0, 0.05) is 0 Å². The van der Waals surface area contributed by atoms with E-state index in [2.05, 4.69) is 74.5 Å². The second-order valence-corrected chi connectivity index (χ2v) is 5.74. The molecule has 0 bridgehead atoms. The molecule has 2 aromatic rings. The molecule has 0 heterocycles. The Bertz CT molecular complexity index is 470. The quantitative estimate of drug-likeness (QED) is 0.451. The van der Waals surface area contributed by atoms with Gasteiger partial charge >= 0.3 is 0 Å². The minimum absolute atomic E-state index is 0. The Morgan fingerprint density at radius 3 is 1.59 bits per heavy atom. The van der Waals surface area contributed by atoms with Crippen LogP contribution in [0.1, 0.15) is 39.5 Å². The van der Waals surface area contributed by atoms with Crippen LogP contribution in [0.3, 0.4) is 0 Å². The maximum atomic E-state index is 2.31. The molecule has 0 radical (unpaired) electrons. The van der Waals surface area contributed by atoms with E-state index in [1.54, 1.807) is 0 Å². The number of benzene rings is 2. The van der Waals surface area contributed by atoms with Gasteiger partial charge < -0.3 is 5.48 Å². The Kier molecular flexibility index (Phi) is 7.86. The number of para-hydroxylation sites is 2. The summed E-state index contributed by atoms with van der Waals surface area (Å²) in [5.41, 5.74) is 2.81. The highest BCUT2D eigenvalue weighted by atomic mass is 16.0. The number of hydrogen-bond donors (Lipinski definition) is 0. The predicted octanol–water partition coefficient (Wildman–Crippen LogP) is 5.75. The average molecular weight is 299 g/mol. The van der Waals surface area contributed by atoms with Crippen LogP contribution < -0.4 is 4.48 Å². The third-order valence-corrected chi connectivity index (χ3v) is 4.43. The van der Waals surface area contributed by atoms with Crippen LogP contribution in [-0.4, -0.2) is 18.6 Å². The van der Waals surface area contributed by atoms with Gasteiger partial charge in [-0.25, -0.2) is 0 Å². The van der Waals surface area contributed by atoms with Gasteiger partial charge in [0.05, 0.1) is 13.1 Å². The molecule has 0 saturated heterocycles. The van der Waals surface area contributed by atoms with Crippen molar-refractivity contribution >= 4 is 11.4 Å². The van der Waals surface area contributed by atoms with Gasteiger partial charge in [-0.1, -0.05) is 56.2 Å². The van der Waals surface area contributed by atoms with E-state index in [0.29, 0.717) is 0 Å². The summed E-state index contributed by atoms with van der Waals surface area (Å²) in [5.74, 6) is 0. The van der Waals surface area contributed by atoms with E-state index in [1.807, 2.05) is 0 Å². The molecule has 0 aliphatic carbocycles. The van der Waals surface area contributed by atoms with Crippen LogP contribution in [-0.2, 0) is 0 Å². The number of rotatable bonds is 8. The van der Waals surface area contributed by atoms with Gasteiger partial charge in [0.2, 0.25) is 0 Å². The minimum atomic E-state index is 0. The van der Waals surface area contributed by atoms with E-state index >= 15 is 0 Å². The van der Waals surface area contributed by atoms with Gasteiger partial charge in [-0.05, 0) is 44.0 Å². The average Bonchev–Trinajstić information content (AvgIpc) is 2.57. The number of unbranched alkanes of at least 4 members (excludes halogenated alkanes) is 3. The molecule has 0 unspecified atom stereocenters. The lowest BCUT2D eigenvalue weighted by molar-refractivity contribution is 0.384. The molecule has 0 spiro atoms. The summed E-state index contributed by atoms with van der Waals surface area (Å²) < 4.78 is 0.964. The van der Waals surface area contributed by atoms with Gasteiger partial charge in [-0.3, -0.25) is 4.48 Å². The van der Waals surface area contributed by atoms with E-state index in [0.717, 1.165) is 11.0 Å². The largest absolute Gasteiger partial charge is 0.870 e. The molecule has 2 nitrogen and oxygen atoms in total. The lowest BCUT2D eigenvalue weighted by Gasteiger charge is -2.37. The van der Waals surface area contributed by atoms with Crippen LogP contribution in [0.25, 0.3) is 0 Å². The van der Waals surface area contributed by atoms with Crippen molar-refractivity contribution in [1.29, 1.82) is 0 Å². The van der Waals surface area contributed by atoms with E-state index in [9.17, 15) is 0 Å². The molecule has 0 fully saturated rings. The fraction of sp³-hybridized carbons (Fsp3) is 0.400. The van der Waals surface area contributed by atoms with Crippen LogP contribution in [0.2, 0.25) is 0 Å². The van der Waals surface area contributed by atoms with Crippen molar-refractivity contribution in [3.8, 4) is 0 Å². The van der Waals surface area contributed by atoms with Gasteiger partial charge in [0.15, 0.2) is 0 Å². The molecule has 0 saturated carbocycles. The highest BCUT2D eigenvalue weighted by molar-refractivity contribution is 5.58. The molecule has 0 aromatic heterocycles. The summed E-state index contributed by atoms with van der Waals surface area (Å²) in [6.07, 6.45) is 5.25. The zero-order valence-electron chi connectivity index (χ0n) is 13.9.